The van der Waals surface area contributed by atoms with Crippen molar-refractivity contribution < 1.29 is 0 Å². The Bertz CT molecular complexity index is 1860. The van der Waals surface area contributed by atoms with Gasteiger partial charge < -0.3 is 10.2 Å². The number of hydrogen-bond donors (Lipinski definition) is 1. The maximum Gasteiger partial charge on any atom is 0.179 e. The van der Waals surface area contributed by atoms with Crippen LogP contribution in [0.5, 0.6) is 0 Å². The SMILES string of the molecule is Cc1cccc(NC2=Nc3ccccc3N3C2=Nc2c(c(C)nn2-c2ccccn2)C3c2ccc(C(C)(C)C)cc2)c1. The van der Waals surface area contributed by atoms with Crippen LogP contribution in [0.3, 0.4) is 0 Å². The second-order valence-electron chi connectivity index (χ2n) is 11.9. The predicted molar refractivity (Wildman–Crippen MR) is 171 cm³/mol. The van der Waals surface area contributed by atoms with Gasteiger partial charge in [-0.25, -0.2) is 15.0 Å². The van der Waals surface area contributed by atoms with Crippen LogP contribution < -0.4 is 10.2 Å². The Kier molecular flexibility index (Phi) is 6.04. The molecule has 0 amide bonds. The summed E-state index contributed by atoms with van der Waals surface area (Å²) in [6.45, 7) is 10.9. The van der Waals surface area contributed by atoms with E-state index in [2.05, 4.69) is 110 Å². The minimum Gasteiger partial charge on any atom is -0.337 e. The molecule has 1 N–H and O–H groups in total. The molecule has 0 bridgehead atoms. The van der Waals surface area contributed by atoms with Gasteiger partial charge in [0.2, 0.25) is 0 Å². The van der Waals surface area contributed by atoms with Crippen LogP contribution in [0.1, 0.15) is 54.8 Å². The third-order valence-electron chi connectivity index (χ3n) is 7.88. The smallest absolute Gasteiger partial charge is 0.179 e. The Labute approximate surface area is 246 Å². The molecule has 0 saturated heterocycles. The van der Waals surface area contributed by atoms with E-state index in [1.165, 1.54) is 11.1 Å². The number of fused-ring (bicyclic) bond motifs is 4. The van der Waals surface area contributed by atoms with Crippen molar-refractivity contribution in [2.45, 2.75) is 46.1 Å². The summed E-state index contributed by atoms with van der Waals surface area (Å²) in [6.07, 6.45) is 1.78. The van der Waals surface area contributed by atoms with Crippen LogP contribution in [0.15, 0.2) is 107 Å². The molecule has 0 aliphatic carbocycles. The number of aryl methyl sites for hydroxylation is 2. The van der Waals surface area contributed by atoms with E-state index in [4.69, 9.17) is 15.1 Å². The summed E-state index contributed by atoms with van der Waals surface area (Å²) in [5, 5.41) is 8.58. The number of hydrogen-bond acceptors (Lipinski definition) is 6. The number of rotatable bonds is 3. The Morgan fingerprint density at radius 3 is 2.33 bits per heavy atom. The fraction of sp³-hybridized carbons (Fsp3) is 0.200. The summed E-state index contributed by atoms with van der Waals surface area (Å²) in [5.74, 6) is 2.92. The third-order valence-corrected chi connectivity index (χ3v) is 7.88. The van der Waals surface area contributed by atoms with Crippen molar-refractivity contribution in [1.82, 2.24) is 14.8 Å². The molecule has 42 heavy (non-hydrogen) atoms. The van der Waals surface area contributed by atoms with Crippen LogP contribution >= 0.6 is 0 Å². The van der Waals surface area contributed by atoms with Crippen LogP contribution in [0.2, 0.25) is 0 Å². The molecule has 3 aromatic carbocycles. The molecule has 4 heterocycles. The van der Waals surface area contributed by atoms with E-state index in [0.717, 1.165) is 51.4 Å². The van der Waals surface area contributed by atoms with Gasteiger partial charge in [0, 0.05) is 17.4 Å². The van der Waals surface area contributed by atoms with Gasteiger partial charge in [0.15, 0.2) is 23.3 Å². The lowest BCUT2D eigenvalue weighted by atomic mass is 9.85. The fourth-order valence-corrected chi connectivity index (χ4v) is 5.78. The summed E-state index contributed by atoms with van der Waals surface area (Å²) in [6, 6.07) is 31.2. The van der Waals surface area contributed by atoms with Gasteiger partial charge in [0.05, 0.1) is 23.1 Å². The first-order valence-electron chi connectivity index (χ1n) is 14.3. The number of aliphatic imine (C=N–C) groups is 2. The van der Waals surface area contributed by atoms with Gasteiger partial charge >= 0.3 is 0 Å². The second kappa shape index (κ2) is 9.80. The first-order valence-corrected chi connectivity index (χ1v) is 14.3. The Balaban J connectivity index is 1.48. The molecule has 0 fully saturated rings. The van der Waals surface area contributed by atoms with Crippen molar-refractivity contribution in [1.29, 1.82) is 0 Å². The maximum absolute atomic E-state index is 5.31. The van der Waals surface area contributed by atoms with E-state index in [9.17, 15) is 0 Å². The van der Waals surface area contributed by atoms with E-state index in [1.807, 2.05) is 35.0 Å². The highest BCUT2D eigenvalue weighted by atomic mass is 15.4. The number of anilines is 2. The zero-order valence-corrected chi connectivity index (χ0v) is 24.5. The van der Waals surface area contributed by atoms with E-state index in [0.29, 0.717) is 5.84 Å². The molecular formula is C35H33N7. The zero-order chi connectivity index (χ0) is 29.0. The Morgan fingerprint density at radius 2 is 1.60 bits per heavy atom. The van der Waals surface area contributed by atoms with Gasteiger partial charge in [-0.2, -0.15) is 9.78 Å². The molecule has 2 aromatic heterocycles. The molecule has 0 radical (unpaired) electrons. The molecule has 2 aliphatic rings. The molecule has 7 heteroatoms. The lowest BCUT2D eigenvalue weighted by molar-refractivity contribution is 0.589. The summed E-state index contributed by atoms with van der Waals surface area (Å²) in [4.78, 5) is 17.3. The molecular weight excluding hydrogens is 518 g/mol. The van der Waals surface area contributed by atoms with Gasteiger partial charge in [-0.05, 0) is 72.4 Å². The summed E-state index contributed by atoms with van der Waals surface area (Å²) in [7, 11) is 0. The minimum atomic E-state index is -0.176. The van der Waals surface area contributed by atoms with Crippen molar-refractivity contribution >= 4 is 34.6 Å². The molecule has 208 valence electrons. The summed E-state index contributed by atoms with van der Waals surface area (Å²) in [5.41, 5.74) is 8.50. The standard InChI is InChI=1S/C35H33N7/c1-22-11-10-12-26(21-22)37-32-34-39-33-30(23(2)40-42(33)29-15-8-9-20-36-29)31(24-16-18-25(19-17-24)35(3,4)5)41(34)28-14-7-6-13-27(28)38-32/h6-21,31H,1-5H3,(H,37,38). The number of nitrogens with zero attached hydrogens (tertiary/aromatic N) is 6. The van der Waals surface area contributed by atoms with E-state index in [-0.39, 0.29) is 11.5 Å². The number of aromatic nitrogens is 3. The first kappa shape index (κ1) is 25.9. The Morgan fingerprint density at radius 1 is 0.810 bits per heavy atom. The quantitative estimate of drug-likeness (QED) is 0.247. The second-order valence-corrected chi connectivity index (χ2v) is 11.9. The van der Waals surface area contributed by atoms with Crippen molar-refractivity contribution in [2.75, 3.05) is 10.2 Å². The van der Waals surface area contributed by atoms with E-state index >= 15 is 0 Å². The summed E-state index contributed by atoms with van der Waals surface area (Å²) < 4.78 is 1.86. The lowest BCUT2D eigenvalue weighted by Crippen LogP contribution is -2.46. The average Bonchev–Trinajstić information content (AvgIpc) is 3.32. The number of amidine groups is 2. The zero-order valence-electron chi connectivity index (χ0n) is 24.5. The third kappa shape index (κ3) is 4.38. The molecule has 7 rings (SSSR count). The van der Waals surface area contributed by atoms with Crippen molar-refractivity contribution in [3.05, 3.63) is 125 Å². The highest BCUT2D eigenvalue weighted by Crippen LogP contribution is 2.48. The largest absolute Gasteiger partial charge is 0.337 e. The van der Waals surface area contributed by atoms with Crippen LogP contribution in [0.4, 0.5) is 22.9 Å². The number of nitrogens with one attached hydrogen (secondary N) is 1. The van der Waals surface area contributed by atoms with E-state index < -0.39 is 0 Å². The number of para-hydroxylation sites is 2. The van der Waals surface area contributed by atoms with Gasteiger partial charge in [0.25, 0.3) is 0 Å². The van der Waals surface area contributed by atoms with Crippen molar-refractivity contribution in [2.24, 2.45) is 9.98 Å². The highest BCUT2D eigenvalue weighted by Gasteiger charge is 2.41. The van der Waals surface area contributed by atoms with Gasteiger partial charge in [-0.1, -0.05) is 75.4 Å². The summed E-state index contributed by atoms with van der Waals surface area (Å²) >= 11 is 0. The minimum absolute atomic E-state index is 0.0535. The monoisotopic (exact) mass is 551 g/mol. The van der Waals surface area contributed by atoms with Crippen molar-refractivity contribution in [3.8, 4) is 5.82 Å². The fourth-order valence-electron chi connectivity index (χ4n) is 5.78. The number of benzene rings is 3. The normalized spacial score (nSPS) is 15.7. The molecule has 1 atom stereocenters. The Hall–Kier alpha value is -5.04. The van der Waals surface area contributed by atoms with Crippen LogP contribution in [-0.4, -0.2) is 26.4 Å². The van der Waals surface area contributed by atoms with Gasteiger partial charge in [0.1, 0.15) is 0 Å². The maximum atomic E-state index is 5.31. The van der Waals surface area contributed by atoms with Crippen LogP contribution in [-0.2, 0) is 5.41 Å². The predicted octanol–water partition coefficient (Wildman–Crippen LogP) is 7.98. The highest BCUT2D eigenvalue weighted by molar-refractivity contribution is 6.51. The lowest BCUT2D eigenvalue weighted by Gasteiger charge is -2.40. The molecule has 0 saturated carbocycles. The molecule has 2 aliphatic heterocycles. The van der Waals surface area contributed by atoms with Crippen LogP contribution in [0.25, 0.3) is 5.82 Å². The van der Waals surface area contributed by atoms with E-state index in [1.54, 1.807) is 6.20 Å². The molecule has 0 spiro atoms. The first-order chi connectivity index (χ1) is 20.3. The topological polar surface area (TPSA) is 70.7 Å². The van der Waals surface area contributed by atoms with Crippen LogP contribution in [0, 0.1) is 13.8 Å². The van der Waals surface area contributed by atoms with Gasteiger partial charge in [-0.15, -0.1) is 0 Å². The molecule has 7 nitrogen and oxygen atoms in total. The molecule has 1 unspecified atom stereocenters. The molecule has 5 aromatic rings. The van der Waals surface area contributed by atoms with Gasteiger partial charge in [-0.3, -0.25) is 0 Å². The average molecular weight is 552 g/mol. The number of pyridine rings is 1. The van der Waals surface area contributed by atoms with Crippen molar-refractivity contribution in [3.63, 3.8) is 0 Å².